The molecule has 2 aliphatic rings. The summed E-state index contributed by atoms with van der Waals surface area (Å²) < 4.78 is 0. The zero-order valence-corrected chi connectivity index (χ0v) is 12.7. The summed E-state index contributed by atoms with van der Waals surface area (Å²) in [5.74, 6) is 1.55. The number of nitrogens with zero attached hydrogens (tertiary/aromatic N) is 1. The lowest BCUT2D eigenvalue weighted by Gasteiger charge is -2.29. The predicted octanol–water partition coefficient (Wildman–Crippen LogP) is 1.15. The van der Waals surface area contributed by atoms with E-state index < -0.39 is 6.10 Å². The molecule has 5 nitrogen and oxygen atoms in total. The smallest absolute Gasteiger partial charge is 0.102 e. The van der Waals surface area contributed by atoms with Gasteiger partial charge in [0.25, 0.3) is 0 Å². The zero-order valence-electron chi connectivity index (χ0n) is 12.7. The van der Waals surface area contributed by atoms with Crippen molar-refractivity contribution in [1.82, 2.24) is 16.0 Å². The molecule has 2 atom stereocenters. The molecule has 1 aromatic carbocycles. The first kappa shape index (κ1) is 15.1. The molecule has 118 valence electrons. The summed E-state index contributed by atoms with van der Waals surface area (Å²) in [6.45, 7) is 2.64. The van der Waals surface area contributed by atoms with Crippen LogP contribution in [0.1, 0.15) is 24.5 Å². The molecule has 3 rings (SSSR count). The van der Waals surface area contributed by atoms with Crippen molar-refractivity contribution in [2.24, 2.45) is 10.9 Å². The highest BCUT2D eigenvalue weighted by Crippen LogP contribution is 2.21. The Labute approximate surface area is 131 Å². The average Bonchev–Trinajstić information content (AvgIpc) is 2.61. The molecule has 1 unspecified atom stereocenters. The molecule has 1 saturated heterocycles. The molecular weight excluding hydrogens is 276 g/mol. The molecule has 5 heteroatoms. The average molecular weight is 300 g/mol. The Morgan fingerprint density at radius 1 is 1.23 bits per heavy atom. The fraction of sp³-hybridized carbons (Fsp3) is 0.471. The molecular formula is C17H24N4O. The number of aliphatic imine (C=N–C) groups is 1. The van der Waals surface area contributed by atoms with E-state index in [4.69, 9.17) is 0 Å². The van der Waals surface area contributed by atoms with Crippen molar-refractivity contribution in [2.75, 3.05) is 19.6 Å². The largest absolute Gasteiger partial charge is 0.387 e. The third-order valence-electron chi connectivity index (χ3n) is 4.34. The minimum Gasteiger partial charge on any atom is -0.387 e. The summed E-state index contributed by atoms with van der Waals surface area (Å²) in [7, 11) is 0. The van der Waals surface area contributed by atoms with Crippen LogP contribution >= 0.6 is 0 Å². The third-order valence-corrected chi connectivity index (χ3v) is 4.34. The first-order chi connectivity index (χ1) is 10.8. The Balaban J connectivity index is 1.54. The number of benzene rings is 1. The minimum absolute atomic E-state index is 0.236. The summed E-state index contributed by atoms with van der Waals surface area (Å²) >= 11 is 0. The first-order valence-electron chi connectivity index (χ1n) is 8.00. The maximum Gasteiger partial charge on any atom is 0.102 e. The van der Waals surface area contributed by atoms with Gasteiger partial charge < -0.3 is 21.1 Å². The van der Waals surface area contributed by atoms with Crippen molar-refractivity contribution >= 4 is 6.34 Å². The van der Waals surface area contributed by atoms with E-state index in [1.807, 2.05) is 30.3 Å². The van der Waals surface area contributed by atoms with Crippen molar-refractivity contribution in [1.29, 1.82) is 0 Å². The van der Waals surface area contributed by atoms with Gasteiger partial charge in [-0.1, -0.05) is 30.3 Å². The Kier molecular flexibility index (Phi) is 5.08. The van der Waals surface area contributed by atoms with E-state index in [1.165, 1.54) is 12.8 Å². The summed E-state index contributed by atoms with van der Waals surface area (Å²) in [6, 6.07) is 9.95. The van der Waals surface area contributed by atoms with Gasteiger partial charge in [-0.25, -0.2) is 0 Å². The Hall–Kier alpha value is -1.85. The molecule has 1 aromatic rings. The Bertz CT molecular complexity index is 523. The van der Waals surface area contributed by atoms with Gasteiger partial charge in [-0.05, 0) is 43.5 Å². The number of aliphatic hydroxyl groups excluding tert-OH is 1. The van der Waals surface area contributed by atoms with Crippen LogP contribution in [0.15, 0.2) is 47.2 Å². The van der Waals surface area contributed by atoms with E-state index in [1.54, 1.807) is 6.34 Å². The monoisotopic (exact) mass is 300 g/mol. The van der Waals surface area contributed by atoms with Crippen molar-refractivity contribution in [3.63, 3.8) is 0 Å². The van der Waals surface area contributed by atoms with Crippen LogP contribution in [0.2, 0.25) is 0 Å². The number of piperidine rings is 1. The SMILES string of the molecule is O[C@@H](CNC1=CC(C2CCNCC2)N=CN1)c1ccccc1. The number of aliphatic hydroxyl groups is 1. The molecule has 0 saturated carbocycles. The number of hydrogen-bond acceptors (Lipinski definition) is 5. The summed E-state index contributed by atoms with van der Waals surface area (Å²) in [5, 5.41) is 20.0. The summed E-state index contributed by atoms with van der Waals surface area (Å²) in [6.07, 6.45) is 5.73. The fourth-order valence-corrected chi connectivity index (χ4v) is 3.01. The second kappa shape index (κ2) is 7.42. The highest BCUT2D eigenvalue weighted by molar-refractivity contribution is 5.59. The normalized spacial score (nSPS) is 23.5. The van der Waals surface area contributed by atoms with E-state index in [-0.39, 0.29) is 6.04 Å². The van der Waals surface area contributed by atoms with Crippen molar-refractivity contribution in [3.05, 3.63) is 47.8 Å². The maximum absolute atomic E-state index is 10.2. The van der Waals surface area contributed by atoms with Crippen molar-refractivity contribution in [2.45, 2.75) is 25.0 Å². The van der Waals surface area contributed by atoms with Crippen LogP contribution in [0.25, 0.3) is 0 Å². The Morgan fingerprint density at radius 2 is 2.00 bits per heavy atom. The van der Waals surface area contributed by atoms with Gasteiger partial charge in [0.2, 0.25) is 0 Å². The molecule has 22 heavy (non-hydrogen) atoms. The molecule has 0 aromatic heterocycles. The third kappa shape index (κ3) is 3.87. The number of rotatable bonds is 5. The molecule has 0 spiro atoms. The van der Waals surface area contributed by atoms with Gasteiger partial charge in [-0.2, -0.15) is 0 Å². The van der Waals surface area contributed by atoms with E-state index in [2.05, 4.69) is 27.0 Å². The van der Waals surface area contributed by atoms with E-state index >= 15 is 0 Å². The van der Waals surface area contributed by atoms with Crippen LogP contribution in [0.4, 0.5) is 0 Å². The van der Waals surface area contributed by atoms with Gasteiger partial charge in [0.1, 0.15) is 5.82 Å². The molecule has 0 bridgehead atoms. The van der Waals surface area contributed by atoms with Gasteiger partial charge in [0.15, 0.2) is 0 Å². The lowest BCUT2D eigenvalue weighted by atomic mass is 9.90. The second-order valence-electron chi connectivity index (χ2n) is 5.89. The van der Waals surface area contributed by atoms with Gasteiger partial charge >= 0.3 is 0 Å². The maximum atomic E-state index is 10.2. The quantitative estimate of drug-likeness (QED) is 0.658. The Morgan fingerprint density at radius 3 is 2.77 bits per heavy atom. The van der Waals surface area contributed by atoms with Crippen LogP contribution < -0.4 is 16.0 Å². The second-order valence-corrected chi connectivity index (χ2v) is 5.89. The lowest BCUT2D eigenvalue weighted by Crippen LogP contribution is -2.37. The standard InChI is InChI=1S/C17H24N4O/c22-16(14-4-2-1-3-5-14)11-19-17-10-15(20-12-21-17)13-6-8-18-9-7-13/h1-5,10,12-13,15-16,18-19,22H,6-9,11H2,(H,20,21)/t15?,16-/m0/s1. The molecule has 2 heterocycles. The highest BCUT2D eigenvalue weighted by atomic mass is 16.3. The number of nitrogens with one attached hydrogen (secondary N) is 3. The molecule has 0 amide bonds. The summed E-state index contributed by atoms with van der Waals surface area (Å²) in [5.41, 5.74) is 0.926. The van der Waals surface area contributed by atoms with Gasteiger partial charge in [-0.15, -0.1) is 0 Å². The van der Waals surface area contributed by atoms with Crippen molar-refractivity contribution < 1.29 is 5.11 Å². The fourth-order valence-electron chi connectivity index (χ4n) is 3.01. The lowest BCUT2D eigenvalue weighted by molar-refractivity contribution is 0.177. The van der Waals surface area contributed by atoms with Gasteiger partial charge in [0, 0.05) is 6.54 Å². The minimum atomic E-state index is -0.514. The molecule has 0 radical (unpaired) electrons. The number of hydrogen-bond donors (Lipinski definition) is 4. The van der Waals surface area contributed by atoms with E-state index in [0.29, 0.717) is 12.5 Å². The van der Waals surface area contributed by atoms with Crippen LogP contribution in [0, 0.1) is 5.92 Å². The van der Waals surface area contributed by atoms with E-state index in [0.717, 1.165) is 24.5 Å². The molecule has 1 fully saturated rings. The van der Waals surface area contributed by atoms with Crippen LogP contribution in [0.5, 0.6) is 0 Å². The summed E-state index contributed by atoms with van der Waals surface area (Å²) in [4.78, 5) is 4.55. The molecule has 0 aliphatic carbocycles. The van der Waals surface area contributed by atoms with Crippen LogP contribution in [-0.4, -0.2) is 37.1 Å². The van der Waals surface area contributed by atoms with Gasteiger partial charge in [0.05, 0.1) is 18.5 Å². The molecule has 2 aliphatic heterocycles. The highest BCUT2D eigenvalue weighted by Gasteiger charge is 2.23. The van der Waals surface area contributed by atoms with E-state index in [9.17, 15) is 5.11 Å². The molecule has 4 N–H and O–H groups in total. The predicted molar refractivity (Wildman–Crippen MR) is 88.5 cm³/mol. The van der Waals surface area contributed by atoms with Crippen molar-refractivity contribution in [3.8, 4) is 0 Å². The van der Waals surface area contributed by atoms with Crippen LogP contribution in [0.3, 0.4) is 0 Å². The first-order valence-corrected chi connectivity index (χ1v) is 8.00. The van der Waals surface area contributed by atoms with Gasteiger partial charge in [-0.3, -0.25) is 4.99 Å². The topological polar surface area (TPSA) is 68.7 Å². The zero-order chi connectivity index (χ0) is 15.2. The van der Waals surface area contributed by atoms with Crippen LogP contribution in [-0.2, 0) is 0 Å².